The van der Waals surface area contributed by atoms with Gasteiger partial charge in [0.15, 0.2) is 17.0 Å². The number of aliphatic hydroxyl groups excluding tert-OH is 2. The second kappa shape index (κ2) is 9.15. The van der Waals surface area contributed by atoms with Crippen LogP contribution in [0.1, 0.15) is 42.9 Å². The maximum Gasteiger partial charge on any atom is 0.225 e. The molecule has 4 N–H and O–H groups in total. The van der Waals surface area contributed by atoms with Crippen LogP contribution in [0.3, 0.4) is 0 Å². The Kier molecular flexibility index (Phi) is 6.20. The van der Waals surface area contributed by atoms with E-state index in [0.29, 0.717) is 33.2 Å². The molecule has 2 aliphatic carbocycles. The number of imidazole rings is 1. The van der Waals surface area contributed by atoms with Gasteiger partial charge in [-0.05, 0) is 49.2 Å². The fourth-order valence-corrected chi connectivity index (χ4v) is 5.66. The molecular formula is C23H25ClN6O3S. The largest absolute Gasteiger partial charge is 0.390 e. The number of carbonyl (C=O) groups is 1. The summed E-state index contributed by atoms with van der Waals surface area (Å²) >= 11 is 7.39. The molecule has 178 valence electrons. The first kappa shape index (κ1) is 23.1. The van der Waals surface area contributed by atoms with Gasteiger partial charge in [0, 0.05) is 13.1 Å². The summed E-state index contributed by atoms with van der Waals surface area (Å²) < 4.78 is 2.39. The fraction of sp³-hybridized carbons (Fsp3) is 0.478. The van der Waals surface area contributed by atoms with Crippen molar-refractivity contribution in [3.05, 3.63) is 33.5 Å². The summed E-state index contributed by atoms with van der Waals surface area (Å²) in [6, 6.07) is 3.35. The lowest BCUT2D eigenvalue weighted by Crippen LogP contribution is -2.37. The van der Waals surface area contributed by atoms with Crippen molar-refractivity contribution in [2.24, 2.45) is 11.8 Å². The number of hydrogen-bond donors (Lipinski definition) is 4. The van der Waals surface area contributed by atoms with E-state index in [1.165, 1.54) is 18.4 Å². The molecule has 2 saturated carbocycles. The minimum Gasteiger partial charge on any atom is -0.390 e. The molecule has 0 bridgehead atoms. The summed E-state index contributed by atoms with van der Waals surface area (Å²) in [5.74, 6) is 5.54. The van der Waals surface area contributed by atoms with Crippen molar-refractivity contribution in [2.45, 2.75) is 50.5 Å². The summed E-state index contributed by atoms with van der Waals surface area (Å²) in [4.78, 5) is 27.0. The number of fused-ring (bicyclic) bond motifs is 1. The third kappa shape index (κ3) is 4.03. The Bertz CT molecular complexity index is 1290. The van der Waals surface area contributed by atoms with Crippen molar-refractivity contribution in [3.63, 3.8) is 0 Å². The third-order valence-electron chi connectivity index (χ3n) is 6.78. The Morgan fingerprint density at radius 3 is 2.68 bits per heavy atom. The molecule has 3 aromatic heterocycles. The molecular weight excluding hydrogens is 476 g/mol. The molecule has 1 amide bonds. The number of hydrogen-bond acceptors (Lipinski definition) is 8. The van der Waals surface area contributed by atoms with Crippen LogP contribution in [-0.2, 0) is 4.79 Å². The van der Waals surface area contributed by atoms with Crippen LogP contribution in [0, 0.1) is 23.7 Å². The highest BCUT2D eigenvalue weighted by Gasteiger charge is 2.51. The average Bonchev–Trinajstić information content (AvgIpc) is 3.46. The van der Waals surface area contributed by atoms with E-state index in [9.17, 15) is 15.0 Å². The molecule has 0 radical (unpaired) electrons. The van der Waals surface area contributed by atoms with E-state index in [1.807, 2.05) is 13.0 Å². The maximum absolute atomic E-state index is 12.4. The first-order chi connectivity index (χ1) is 16.4. The normalized spacial score (nSPS) is 26.7. The lowest BCUT2D eigenvalue weighted by molar-refractivity contribution is -0.129. The van der Waals surface area contributed by atoms with Crippen molar-refractivity contribution in [3.8, 4) is 11.8 Å². The Balaban J connectivity index is 1.58. The number of carbonyl (C=O) groups excluding carboxylic acids is 1. The zero-order valence-corrected chi connectivity index (χ0v) is 20.3. The second-order valence-electron chi connectivity index (χ2n) is 8.82. The van der Waals surface area contributed by atoms with E-state index in [0.717, 1.165) is 24.1 Å². The number of aromatic nitrogens is 4. The van der Waals surface area contributed by atoms with Crippen molar-refractivity contribution in [2.75, 3.05) is 12.4 Å². The first-order valence-corrected chi connectivity index (χ1v) is 12.4. The molecule has 0 aliphatic heterocycles. The number of halogens is 1. The summed E-state index contributed by atoms with van der Waals surface area (Å²) in [5.41, 5.74) is 1.06. The Hall–Kier alpha value is -2.71. The first-order valence-electron chi connectivity index (χ1n) is 11.2. The summed E-state index contributed by atoms with van der Waals surface area (Å²) in [6.45, 7) is 1.84. The van der Waals surface area contributed by atoms with Crippen LogP contribution in [0.5, 0.6) is 0 Å². The lowest BCUT2D eigenvalue weighted by Gasteiger charge is -2.27. The minimum absolute atomic E-state index is 0.309. The van der Waals surface area contributed by atoms with Crippen LogP contribution in [0.2, 0.25) is 4.34 Å². The molecule has 34 heavy (non-hydrogen) atoms. The van der Waals surface area contributed by atoms with Crippen molar-refractivity contribution >= 4 is 45.8 Å². The Morgan fingerprint density at radius 1 is 1.24 bits per heavy atom. The van der Waals surface area contributed by atoms with Crippen molar-refractivity contribution in [1.29, 1.82) is 0 Å². The molecule has 3 heterocycles. The second-order valence-corrected chi connectivity index (χ2v) is 10.5. The average molecular weight is 501 g/mol. The molecule has 0 aromatic carbocycles. The highest BCUT2D eigenvalue weighted by atomic mass is 35.5. The lowest BCUT2D eigenvalue weighted by atomic mass is 9.93. The maximum atomic E-state index is 12.4. The predicted molar refractivity (Wildman–Crippen MR) is 130 cm³/mol. The smallest absolute Gasteiger partial charge is 0.225 e. The highest BCUT2D eigenvalue weighted by Crippen LogP contribution is 2.42. The standard InChI is InChI=1S/C23H25ClN6O3S/c1-11-16(23(33)25-2)19(31)20(32)18(11)30-10-26-17-21(27-12-4-3-5-12)28-15(29-22(17)30)9-7-13-6-8-14(24)34-13/h6,8,10-12,16,18-20,31-32H,3-5H2,1-2H3,(H,25,33)(H,27,28,29)/t11-,16?,18?,19?,20?/m0/s1. The molecule has 3 aromatic rings. The summed E-state index contributed by atoms with van der Waals surface area (Å²) in [7, 11) is 1.52. The van der Waals surface area contributed by atoms with E-state index in [4.69, 9.17) is 11.6 Å². The third-order valence-corrected chi connectivity index (χ3v) is 7.93. The molecule has 0 saturated heterocycles. The summed E-state index contributed by atoms with van der Waals surface area (Å²) in [5, 5.41) is 27.5. The van der Waals surface area contributed by atoms with Gasteiger partial charge in [0.1, 0.15) is 6.10 Å². The van der Waals surface area contributed by atoms with Crippen LogP contribution in [0.4, 0.5) is 5.82 Å². The molecule has 2 aliphatic rings. The fourth-order valence-electron chi connectivity index (χ4n) is 4.76. The van der Waals surface area contributed by atoms with Crippen LogP contribution >= 0.6 is 22.9 Å². The molecule has 0 spiro atoms. The Labute approximate surface area is 205 Å². The van der Waals surface area contributed by atoms with Gasteiger partial charge < -0.3 is 25.4 Å². The van der Waals surface area contributed by atoms with Gasteiger partial charge in [-0.1, -0.05) is 18.5 Å². The van der Waals surface area contributed by atoms with E-state index >= 15 is 0 Å². The number of anilines is 1. The molecule has 11 heteroatoms. The van der Waals surface area contributed by atoms with Gasteiger partial charge in [-0.15, -0.1) is 11.3 Å². The number of amides is 1. The molecule has 5 rings (SSSR count). The van der Waals surface area contributed by atoms with Crippen molar-refractivity contribution < 1.29 is 15.0 Å². The van der Waals surface area contributed by atoms with Gasteiger partial charge >= 0.3 is 0 Å². The number of aliphatic hydroxyl groups is 2. The number of nitrogens with one attached hydrogen (secondary N) is 2. The molecule has 9 nitrogen and oxygen atoms in total. The van der Waals surface area contributed by atoms with Gasteiger partial charge in [-0.2, -0.15) is 0 Å². The Morgan fingerprint density at radius 2 is 2.03 bits per heavy atom. The number of thiophene rings is 1. The zero-order chi connectivity index (χ0) is 24.0. The van der Waals surface area contributed by atoms with Crippen LogP contribution < -0.4 is 10.6 Å². The van der Waals surface area contributed by atoms with Gasteiger partial charge in [0.25, 0.3) is 0 Å². The molecule has 2 fully saturated rings. The van der Waals surface area contributed by atoms with Crippen LogP contribution in [0.25, 0.3) is 11.2 Å². The van der Waals surface area contributed by atoms with E-state index < -0.39 is 24.2 Å². The zero-order valence-electron chi connectivity index (χ0n) is 18.7. The predicted octanol–water partition coefficient (Wildman–Crippen LogP) is 2.18. The van der Waals surface area contributed by atoms with Gasteiger partial charge in [-0.25, -0.2) is 15.0 Å². The number of nitrogens with zero attached hydrogens (tertiary/aromatic N) is 4. The van der Waals surface area contributed by atoms with E-state index in [-0.39, 0.29) is 11.8 Å². The van der Waals surface area contributed by atoms with E-state index in [2.05, 4.69) is 37.4 Å². The van der Waals surface area contributed by atoms with Crippen molar-refractivity contribution in [1.82, 2.24) is 24.8 Å². The van der Waals surface area contributed by atoms with Gasteiger partial charge in [-0.3, -0.25) is 4.79 Å². The van der Waals surface area contributed by atoms with Crippen LogP contribution in [0.15, 0.2) is 18.5 Å². The number of rotatable bonds is 4. The van der Waals surface area contributed by atoms with Gasteiger partial charge in [0.05, 0.1) is 33.6 Å². The monoisotopic (exact) mass is 500 g/mol. The quantitative estimate of drug-likeness (QED) is 0.404. The van der Waals surface area contributed by atoms with Gasteiger partial charge in [0.2, 0.25) is 11.7 Å². The minimum atomic E-state index is -1.20. The molecule has 4 unspecified atom stereocenters. The summed E-state index contributed by atoms with van der Waals surface area (Å²) in [6.07, 6.45) is 2.50. The highest BCUT2D eigenvalue weighted by molar-refractivity contribution is 7.16. The SMILES string of the molecule is CNC(=O)C1C(O)C(O)C(n2cnc3c(NC4CCC4)nc(C#Cc4ccc(Cl)s4)nc32)[C@H]1C. The topological polar surface area (TPSA) is 125 Å². The van der Waals surface area contributed by atoms with Crippen LogP contribution in [-0.4, -0.2) is 60.9 Å². The molecule has 5 atom stereocenters. The van der Waals surface area contributed by atoms with E-state index in [1.54, 1.807) is 17.0 Å².